The van der Waals surface area contributed by atoms with Crippen molar-refractivity contribution in [1.82, 2.24) is 14.8 Å². The quantitative estimate of drug-likeness (QED) is 0.492. The number of ketones is 1. The van der Waals surface area contributed by atoms with Crippen molar-refractivity contribution in [2.24, 2.45) is 7.05 Å². The molecule has 0 unspecified atom stereocenters. The molecular formula is C18H14F3N3OS. The van der Waals surface area contributed by atoms with Crippen LogP contribution in [-0.2, 0) is 7.05 Å². The molecule has 0 fully saturated rings. The summed E-state index contributed by atoms with van der Waals surface area (Å²) >= 11 is 1.11. The second-order valence-corrected chi connectivity index (χ2v) is 6.91. The van der Waals surface area contributed by atoms with Gasteiger partial charge >= 0.3 is 0 Å². The molecule has 1 aromatic heterocycles. The Labute approximate surface area is 152 Å². The largest absolute Gasteiger partial charge is 0.305 e. The van der Waals surface area contributed by atoms with Crippen molar-refractivity contribution in [1.29, 1.82) is 0 Å². The lowest BCUT2D eigenvalue weighted by molar-refractivity contribution is 0.0993. The molecule has 1 atom stereocenters. The van der Waals surface area contributed by atoms with Crippen LogP contribution in [0.4, 0.5) is 13.2 Å². The van der Waals surface area contributed by atoms with Crippen LogP contribution in [-0.4, -0.2) is 25.8 Å². The number of benzene rings is 2. The van der Waals surface area contributed by atoms with E-state index >= 15 is 0 Å². The number of rotatable bonds is 5. The van der Waals surface area contributed by atoms with Gasteiger partial charge in [-0.05, 0) is 37.3 Å². The summed E-state index contributed by atoms with van der Waals surface area (Å²) in [6, 6.07) is 9.20. The summed E-state index contributed by atoms with van der Waals surface area (Å²) in [5, 5.41) is 7.79. The highest BCUT2D eigenvalue weighted by Crippen LogP contribution is 2.28. The predicted octanol–water partition coefficient (Wildman–Crippen LogP) is 4.26. The van der Waals surface area contributed by atoms with E-state index in [4.69, 9.17) is 0 Å². The van der Waals surface area contributed by atoms with E-state index in [0.717, 1.165) is 23.9 Å². The minimum absolute atomic E-state index is 0.0698. The van der Waals surface area contributed by atoms with Crippen molar-refractivity contribution >= 4 is 17.5 Å². The van der Waals surface area contributed by atoms with Crippen LogP contribution in [0.1, 0.15) is 17.3 Å². The SMILES string of the molecule is C[C@@H](Sc1nnc(-c2ccccc2F)n1C)C(=O)c1ccc(F)c(F)c1. The van der Waals surface area contributed by atoms with Crippen molar-refractivity contribution in [2.45, 2.75) is 17.3 Å². The van der Waals surface area contributed by atoms with Crippen molar-refractivity contribution in [3.05, 3.63) is 65.5 Å². The molecule has 0 radical (unpaired) electrons. The zero-order valence-corrected chi connectivity index (χ0v) is 14.7. The Balaban J connectivity index is 1.82. The van der Waals surface area contributed by atoms with Crippen LogP contribution in [0.3, 0.4) is 0 Å². The highest BCUT2D eigenvalue weighted by Gasteiger charge is 2.22. The zero-order valence-electron chi connectivity index (χ0n) is 13.9. The van der Waals surface area contributed by atoms with Crippen LogP contribution in [0.5, 0.6) is 0 Å². The minimum atomic E-state index is -1.08. The van der Waals surface area contributed by atoms with E-state index in [0.29, 0.717) is 16.5 Å². The number of hydrogen-bond acceptors (Lipinski definition) is 4. The van der Waals surface area contributed by atoms with Crippen LogP contribution >= 0.6 is 11.8 Å². The summed E-state index contributed by atoms with van der Waals surface area (Å²) in [7, 11) is 1.67. The lowest BCUT2D eigenvalue weighted by atomic mass is 10.1. The molecule has 0 saturated carbocycles. The maximum Gasteiger partial charge on any atom is 0.191 e. The Morgan fingerprint density at radius 1 is 1.04 bits per heavy atom. The normalized spacial score (nSPS) is 12.2. The van der Waals surface area contributed by atoms with E-state index in [1.807, 2.05) is 0 Å². The van der Waals surface area contributed by atoms with Crippen LogP contribution in [0.25, 0.3) is 11.4 Å². The number of halogens is 3. The van der Waals surface area contributed by atoms with Crippen LogP contribution in [0, 0.1) is 17.5 Å². The Morgan fingerprint density at radius 2 is 1.77 bits per heavy atom. The molecule has 3 aromatic rings. The molecule has 0 spiro atoms. The second-order valence-electron chi connectivity index (χ2n) is 5.60. The third-order valence-corrected chi connectivity index (χ3v) is 4.94. The molecule has 3 rings (SSSR count). The molecule has 1 heterocycles. The fraction of sp³-hybridized carbons (Fsp3) is 0.167. The van der Waals surface area contributed by atoms with Gasteiger partial charge in [0.15, 0.2) is 28.4 Å². The summed E-state index contributed by atoms with van der Waals surface area (Å²) in [5.74, 6) is -2.55. The summed E-state index contributed by atoms with van der Waals surface area (Å²) < 4.78 is 41.9. The smallest absolute Gasteiger partial charge is 0.191 e. The number of carbonyl (C=O) groups excluding carboxylic acids is 1. The first kappa shape index (κ1) is 18.2. The van der Waals surface area contributed by atoms with Crippen LogP contribution in [0.15, 0.2) is 47.6 Å². The van der Waals surface area contributed by atoms with Crippen molar-refractivity contribution < 1.29 is 18.0 Å². The number of hydrogen-bond donors (Lipinski definition) is 0. The van der Waals surface area contributed by atoms with Crippen molar-refractivity contribution in [3.8, 4) is 11.4 Å². The number of Topliss-reactive ketones (excluding diaryl/α,β-unsaturated/α-hetero) is 1. The summed E-state index contributed by atoms with van der Waals surface area (Å²) in [6.45, 7) is 1.63. The van der Waals surface area contributed by atoms with Gasteiger partial charge in [-0.3, -0.25) is 4.79 Å². The van der Waals surface area contributed by atoms with E-state index in [2.05, 4.69) is 10.2 Å². The van der Waals surface area contributed by atoms with Crippen LogP contribution in [0.2, 0.25) is 0 Å². The van der Waals surface area contributed by atoms with Gasteiger partial charge in [0.25, 0.3) is 0 Å². The predicted molar refractivity (Wildman–Crippen MR) is 92.4 cm³/mol. The Kier molecular flexibility index (Phi) is 5.13. The van der Waals surface area contributed by atoms with Gasteiger partial charge in [-0.15, -0.1) is 10.2 Å². The first-order valence-corrected chi connectivity index (χ1v) is 8.56. The van der Waals surface area contributed by atoms with Gasteiger partial charge in [0, 0.05) is 12.6 Å². The molecule has 8 heteroatoms. The highest BCUT2D eigenvalue weighted by atomic mass is 32.2. The molecule has 26 heavy (non-hydrogen) atoms. The summed E-state index contributed by atoms with van der Waals surface area (Å²) in [5.41, 5.74) is 0.370. The second kappa shape index (κ2) is 7.33. The van der Waals surface area contributed by atoms with Gasteiger partial charge in [0.05, 0.1) is 10.8 Å². The lowest BCUT2D eigenvalue weighted by Crippen LogP contribution is -2.15. The molecule has 0 amide bonds. The molecule has 0 N–H and O–H groups in total. The molecule has 2 aromatic carbocycles. The Hall–Kier alpha value is -2.61. The molecule has 0 aliphatic heterocycles. The molecule has 134 valence electrons. The molecule has 0 bridgehead atoms. The highest BCUT2D eigenvalue weighted by molar-refractivity contribution is 8.00. The summed E-state index contributed by atoms with van der Waals surface area (Å²) in [6.07, 6.45) is 0. The van der Waals surface area contributed by atoms with Gasteiger partial charge < -0.3 is 4.57 Å². The van der Waals surface area contributed by atoms with Gasteiger partial charge in [0.2, 0.25) is 0 Å². The van der Waals surface area contributed by atoms with Gasteiger partial charge in [-0.25, -0.2) is 13.2 Å². The molecule has 0 aliphatic rings. The minimum Gasteiger partial charge on any atom is -0.305 e. The fourth-order valence-corrected chi connectivity index (χ4v) is 3.28. The van der Waals surface area contributed by atoms with Crippen molar-refractivity contribution in [2.75, 3.05) is 0 Å². The maximum absolute atomic E-state index is 13.9. The first-order valence-electron chi connectivity index (χ1n) is 7.68. The third kappa shape index (κ3) is 3.50. The number of aromatic nitrogens is 3. The lowest BCUT2D eigenvalue weighted by Gasteiger charge is -2.10. The van der Waals surface area contributed by atoms with Crippen molar-refractivity contribution in [3.63, 3.8) is 0 Å². The van der Waals surface area contributed by atoms with E-state index in [-0.39, 0.29) is 11.3 Å². The van der Waals surface area contributed by atoms with E-state index in [1.54, 1.807) is 36.7 Å². The van der Waals surface area contributed by atoms with Crippen LogP contribution < -0.4 is 0 Å². The Bertz CT molecular complexity index is 974. The topological polar surface area (TPSA) is 47.8 Å². The molecule has 0 saturated heterocycles. The molecular weight excluding hydrogens is 363 g/mol. The number of carbonyl (C=O) groups is 1. The monoisotopic (exact) mass is 377 g/mol. The molecule has 0 aliphatic carbocycles. The third-order valence-electron chi connectivity index (χ3n) is 3.81. The molecule has 4 nitrogen and oxygen atoms in total. The van der Waals surface area contributed by atoms with Gasteiger partial charge in [0.1, 0.15) is 5.82 Å². The van der Waals surface area contributed by atoms with E-state index in [9.17, 15) is 18.0 Å². The Morgan fingerprint density at radius 3 is 2.46 bits per heavy atom. The van der Waals surface area contributed by atoms with E-state index in [1.165, 1.54) is 12.1 Å². The first-order chi connectivity index (χ1) is 12.4. The van der Waals surface area contributed by atoms with Gasteiger partial charge in [-0.2, -0.15) is 0 Å². The fourth-order valence-electron chi connectivity index (χ4n) is 2.39. The standard InChI is InChI=1S/C18H14F3N3OS/c1-10(16(25)11-7-8-14(20)15(21)9-11)26-18-23-22-17(24(18)2)12-5-3-4-6-13(12)19/h3-10H,1-2H3/t10-/m1/s1. The summed E-state index contributed by atoms with van der Waals surface area (Å²) in [4.78, 5) is 12.4. The van der Waals surface area contributed by atoms with E-state index < -0.39 is 22.7 Å². The van der Waals surface area contributed by atoms with Gasteiger partial charge in [-0.1, -0.05) is 23.9 Å². The average Bonchev–Trinajstić information content (AvgIpc) is 2.97. The zero-order chi connectivity index (χ0) is 18.8. The number of nitrogens with zero attached hydrogens (tertiary/aromatic N) is 3. The number of thioether (sulfide) groups is 1. The maximum atomic E-state index is 13.9. The average molecular weight is 377 g/mol.